The summed E-state index contributed by atoms with van der Waals surface area (Å²) in [4.78, 5) is 0. The zero-order chi connectivity index (χ0) is 8.27. The predicted molar refractivity (Wildman–Crippen MR) is 41.4 cm³/mol. The van der Waals surface area contributed by atoms with Crippen molar-refractivity contribution in [2.45, 2.75) is 0 Å². The minimum atomic E-state index is -1.48. The van der Waals surface area contributed by atoms with Gasteiger partial charge in [0.2, 0.25) is 0 Å². The van der Waals surface area contributed by atoms with Crippen LogP contribution in [0.4, 0.5) is 0 Å². The molecule has 0 aliphatic carbocycles. The molecule has 0 saturated carbocycles. The van der Waals surface area contributed by atoms with Crippen LogP contribution in [0.3, 0.4) is 0 Å². The number of methoxy groups -OCH3 is 1. The smallest absolute Gasteiger partial charge is 0.483 e. The Morgan fingerprint density at radius 2 is 2.36 bits per heavy atom. The van der Waals surface area contributed by atoms with Gasteiger partial charge in [0, 0.05) is 12.0 Å². The minimum absolute atomic E-state index is 0.360. The van der Waals surface area contributed by atoms with Crippen molar-refractivity contribution in [1.29, 1.82) is 0 Å². The topological polar surface area (TPSA) is 61.7 Å². The van der Waals surface area contributed by atoms with E-state index in [2.05, 4.69) is 5.32 Å². The van der Waals surface area contributed by atoms with Gasteiger partial charge in [0.05, 0.1) is 7.11 Å². The van der Waals surface area contributed by atoms with E-state index in [1.54, 1.807) is 12.2 Å². The lowest BCUT2D eigenvalue weighted by atomic mass is 9.78. The molecule has 0 bridgehead atoms. The van der Waals surface area contributed by atoms with Crippen molar-refractivity contribution >= 4 is 7.12 Å². The normalized spacial score (nSPS) is 16.3. The molecule has 3 N–H and O–H groups in total. The summed E-state index contributed by atoms with van der Waals surface area (Å²) < 4.78 is 4.86. The molecule has 11 heavy (non-hydrogen) atoms. The molecule has 0 unspecified atom stereocenters. The molecule has 0 aromatic heterocycles. The standard InChI is InChI=1S/C6H10BNO3/c1-11-6-5(7(9)10)3-2-4-8-6/h2-3,8-10H,4H2,1H3. The third-order valence-corrected chi connectivity index (χ3v) is 1.42. The van der Waals surface area contributed by atoms with Crippen molar-refractivity contribution in [1.82, 2.24) is 5.32 Å². The Kier molecular flexibility index (Phi) is 2.56. The average Bonchev–Trinajstić information content (AvgIpc) is 2.04. The number of rotatable bonds is 2. The largest absolute Gasteiger partial charge is 0.493 e. The number of dihydropyridines is 1. The molecular weight excluding hydrogens is 145 g/mol. The van der Waals surface area contributed by atoms with E-state index < -0.39 is 7.12 Å². The maximum Gasteiger partial charge on any atom is 0.493 e. The van der Waals surface area contributed by atoms with Gasteiger partial charge in [-0.25, -0.2) is 0 Å². The number of nitrogens with one attached hydrogen (secondary N) is 1. The molecule has 60 valence electrons. The second-order valence-electron chi connectivity index (χ2n) is 2.15. The highest BCUT2D eigenvalue weighted by molar-refractivity contribution is 6.52. The summed E-state index contributed by atoms with van der Waals surface area (Å²) >= 11 is 0. The minimum Gasteiger partial charge on any atom is -0.483 e. The van der Waals surface area contributed by atoms with Gasteiger partial charge in [0.1, 0.15) is 0 Å². The van der Waals surface area contributed by atoms with Crippen molar-refractivity contribution < 1.29 is 14.8 Å². The van der Waals surface area contributed by atoms with E-state index >= 15 is 0 Å². The predicted octanol–water partition coefficient (Wildman–Crippen LogP) is -0.984. The first-order valence-electron chi connectivity index (χ1n) is 3.30. The summed E-state index contributed by atoms with van der Waals surface area (Å²) in [5.74, 6) is 0.419. The molecule has 1 aliphatic heterocycles. The highest BCUT2D eigenvalue weighted by atomic mass is 16.5. The first-order chi connectivity index (χ1) is 5.25. The van der Waals surface area contributed by atoms with Crippen LogP contribution in [0.15, 0.2) is 23.5 Å². The second-order valence-corrected chi connectivity index (χ2v) is 2.15. The van der Waals surface area contributed by atoms with Crippen LogP contribution in [0.2, 0.25) is 0 Å². The van der Waals surface area contributed by atoms with E-state index in [0.29, 0.717) is 17.9 Å². The Morgan fingerprint density at radius 1 is 1.64 bits per heavy atom. The first-order valence-corrected chi connectivity index (χ1v) is 3.30. The van der Waals surface area contributed by atoms with Crippen molar-refractivity contribution in [2.24, 2.45) is 0 Å². The first kappa shape index (κ1) is 8.16. The van der Waals surface area contributed by atoms with Gasteiger partial charge in [0.25, 0.3) is 0 Å². The van der Waals surface area contributed by atoms with Crippen LogP contribution < -0.4 is 5.32 Å². The molecule has 0 aromatic carbocycles. The van der Waals surface area contributed by atoms with Gasteiger partial charge < -0.3 is 20.1 Å². The number of hydrogen-bond acceptors (Lipinski definition) is 4. The van der Waals surface area contributed by atoms with Crippen LogP contribution in [0, 0.1) is 0 Å². The van der Waals surface area contributed by atoms with Gasteiger partial charge in [-0.3, -0.25) is 0 Å². The lowest BCUT2D eigenvalue weighted by Gasteiger charge is -2.15. The lowest BCUT2D eigenvalue weighted by molar-refractivity contribution is 0.259. The number of allylic oxidation sites excluding steroid dienone is 2. The molecule has 1 rings (SSSR count). The monoisotopic (exact) mass is 155 g/mol. The van der Waals surface area contributed by atoms with Crippen LogP contribution in [-0.2, 0) is 4.74 Å². The molecule has 0 saturated heterocycles. The summed E-state index contributed by atoms with van der Waals surface area (Å²) in [5, 5.41) is 20.5. The Balaban J connectivity index is 2.83. The van der Waals surface area contributed by atoms with Gasteiger partial charge in [0.15, 0.2) is 5.88 Å². The fraction of sp³-hybridized carbons (Fsp3) is 0.333. The van der Waals surface area contributed by atoms with Gasteiger partial charge >= 0.3 is 7.12 Å². The van der Waals surface area contributed by atoms with Crippen LogP contribution >= 0.6 is 0 Å². The Bertz CT molecular complexity index is 200. The fourth-order valence-corrected chi connectivity index (χ4v) is 0.909. The Labute approximate surface area is 65.3 Å². The highest BCUT2D eigenvalue weighted by Crippen LogP contribution is 2.08. The van der Waals surface area contributed by atoms with E-state index in [1.165, 1.54) is 7.11 Å². The van der Waals surface area contributed by atoms with Gasteiger partial charge in [-0.05, 0) is 0 Å². The molecule has 0 fully saturated rings. The van der Waals surface area contributed by atoms with Gasteiger partial charge in [-0.1, -0.05) is 12.2 Å². The van der Waals surface area contributed by atoms with E-state index in [-0.39, 0.29) is 0 Å². The van der Waals surface area contributed by atoms with Crippen molar-refractivity contribution in [3.63, 3.8) is 0 Å². The van der Waals surface area contributed by atoms with Crippen molar-refractivity contribution in [2.75, 3.05) is 13.7 Å². The van der Waals surface area contributed by atoms with Crippen LogP contribution in [0.25, 0.3) is 0 Å². The molecule has 4 nitrogen and oxygen atoms in total. The lowest BCUT2D eigenvalue weighted by Crippen LogP contribution is -2.27. The molecular formula is C6H10BNO3. The highest BCUT2D eigenvalue weighted by Gasteiger charge is 2.19. The summed E-state index contributed by atoms with van der Waals surface area (Å²) in [6.07, 6.45) is 3.41. The molecule has 0 radical (unpaired) electrons. The van der Waals surface area contributed by atoms with Gasteiger partial charge in [-0.15, -0.1) is 0 Å². The summed E-state index contributed by atoms with van der Waals surface area (Å²) in [6, 6.07) is 0. The SMILES string of the molecule is COC1=C(B(O)O)C=CCN1. The van der Waals surface area contributed by atoms with Crippen LogP contribution in [-0.4, -0.2) is 30.8 Å². The third kappa shape index (κ3) is 1.75. The number of hydrogen-bond donors (Lipinski definition) is 3. The quantitative estimate of drug-likeness (QED) is 0.448. The van der Waals surface area contributed by atoms with Gasteiger partial charge in [-0.2, -0.15) is 0 Å². The molecule has 0 atom stereocenters. The third-order valence-electron chi connectivity index (χ3n) is 1.42. The molecule has 1 heterocycles. The van der Waals surface area contributed by atoms with E-state index in [1.807, 2.05) is 0 Å². The molecule has 1 aliphatic rings. The maximum absolute atomic E-state index is 8.81. The fourth-order valence-electron chi connectivity index (χ4n) is 0.909. The van der Waals surface area contributed by atoms with E-state index in [0.717, 1.165) is 0 Å². The Morgan fingerprint density at radius 3 is 2.82 bits per heavy atom. The zero-order valence-corrected chi connectivity index (χ0v) is 6.24. The summed E-state index contributed by atoms with van der Waals surface area (Å²) in [6.45, 7) is 0.652. The molecule has 0 amide bonds. The average molecular weight is 155 g/mol. The Hall–Kier alpha value is -0.935. The second kappa shape index (κ2) is 3.45. The van der Waals surface area contributed by atoms with E-state index in [9.17, 15) is 0 Å². The summed E-state index contributed by atoms with van der Waals surface area (Å²) in [5.41, 5.74) is 0.360. The summed E-state index contributed by atoms with van der Waals surface area (Å²) in [7, 11) is -0.00171. The molecule has 5 heteroatoms. The van der Waals surface area contributed by atoms with E-state index in [4.69, 9.17) is 14.8 Å². The zero-order valence-electron chi connectivity index (χ0n) is 6.24. The molecule has 0 aromatic rings. The van der Waals surface area contributed by atoms with Crippen LogP contribution in [0.1, 0.15) is 0 Å². The van der Waals surface area contributed by atoms with Crippen molar-refractivity contribution in [3.05, 3.63) is 23.5 Å². The molecule has 0 spiro atoms. The number of ether oxygens (including phenoxy) is 1. The maximum atomic E-state index is 8.81. The van der Waals surface area contributed by atoms with Crippen LogP contribution in [0.5, 0.6) is 0 Å². The van der Waals surface area contributed by atoms with Crippen molar-refractivity contribution in [3.8, 4) is 0 Å².